The fourth-order valence-corrected chi connectivity index (χ4v) is 4.32. The molecule has 3 aromatic rings. The minimum Gasteiger partial charge on any atom is -0.333 e. The van der Waals surface area contributed by atoms with E-state index in [0.717, 1.165) is 42.0 Å². The number of rotatable bonds is 10. The summed E-state index contributed by atoms with van der Waals surface area (Å²) >= 11 is 1.33. The maximum Gasteiger partial charge on any atom is 0.244 e. The van der Waals surface area contributed by atoms with E-state index in [1.165, 1.54) is 11.8 Å². The molecule has 0 spiro atoms. The van der Waals surface area contributed by atoms with Crippen LogP contribution in [0.2, 0.25) is 0 Å². The fourth-order valence-electron chi connectivity index (χ4n) is 3.59. The molecule has 1 fully saturated rings. The number of para-hydroxylation sites is 2. The molecule has 4 rings (SSSR count). The largest absolute Gasteiger partial charge is 0.333 e. The molecule has 1 aliphatic carbocycles. The monoisotopic (exact) mass is 463 g/mol. The third kappa shape index (κ3) is 6.01. The Labute approximate surface area is 198 Å². The molecule has 0 aliphatic heterocycles. The van der Waals surface area contributed by atoms with E-state index < -0.39 is 0 Å². The second-order valence-corrected chi connectivity index (χ2v) is 9.18. The maximum atomic E-state index is 12.9. The molecule has 0 unspecified atom stereocenters. The molecular formula is C25H29N5O2S. The average Bonchev–Trinajstić information content (AvgIpc) is 3.58. The summed E-state index contributed by atoms with van der Waals surface area (Å²) in [5, 5.41) is 8.16. The zero-order chi connectivity index (χ0) is 23.2. The van der Waals surface area contributed by atoms with E-state index in [1.807, 2.05) is 73.1 Å². The summed E-state index contributed by atoms with van der Waals surface area (Å²) < 4.78 is 1.89. The van der Waals surface area contributed by atoms with Crippen LogP contribution in [0.15, 0.2) is 59.8 Å². The van der Waals surface area contributed by atoms with Crippen molar-refractivity contribution in [3.8, 4) is 5.69 Å². The highest BCUT2D eigenvalue weighted by molar-refractivity contribution is 7.99. The van der Waals surface area contributed by atoms with Crippen LogP contribution in [0.5, 0.6) is 0 Å². The van der Waals surface area contributed by atoms with Gasteiger partial charge in [0.1, 0.15) is 5.82 Å². The molecule has 0 saturated heterocycles. The molecular weight excluding hydrogens is 434 g/mol. The molecule has 0 atom stereocenters. The second-order valence-electron chi connectivity index (χ2n) is 8.24. The van der Waals surface area contributed by atoms with Crippen molar-refractivity contribution in [2.24, 2.45) is 0 Å². The molecule has 1 aromatic heterocycles. The Bertz CT molecular complexity index is 1110. The predicted octanol–water partition coefficient (Wildman–Crippen LogP) is 4.42. The molecule has 1 aliphatic rings. The Kier molecular flexibility index (Phi) is 7.44. The molecule has 2 amide bonds. The van der Waals surface area contributed by atoms with Gasteiger partial charge >= 0.3 is 0 Å². The van der Waals surface area contributed by atoms with E-state index in [2.05, 4.69) is 10.4 Å². The van der Waals surface area contributed by atoms with Crippen LogP contribution in [0.4, 0.5) is 5.69 Å². The number of nitrogens with zero attached hydrogens (tertiary/aromatic N) is 4. The molecule has 0 radical (unpaired) electrons. The van der Waals surface area contributed by atoms with Crippen LogP contribution < -0.4 is 5.32 Å². The topological polar surface area (TPSA) is 80.1 Å². The Morgan fingerprint density at radius 1 is 1.12 bits per heavy atom. The number of carbonyl (C=O) groups is 2. The normalized spacial score (nSPS) is 13.0. The quantitative estimate of drug-likeness (QED) is 0.450. The highest BCUT2D eigenvalue weighted by Gasteiger charge is 2.30. The summed E-state index contributed by atoms with van der Waals surface area (Å²) in [7, 11) is 0. The van der Waals surface area contributed by atoms with Crippen LogP contribution in [-0.2, 0) is 9.59 Å². The van der Waals surface area contributed by atoms with Crippen molar-refractivity contribution in [3.05, 3.63) is 66.0 Å². The standard InChI is InChI=1S/C25H29N5O2S/c1-3-15-29(16-22(31)26-21-12-8-7-9-18(21)2)23(32)17-33-25-27-24(19-13-14-19)30(28-25)20-10-5-4-6-11-20/h4-12,19H,3,13-17H2,1-2H3,(H,26,31). The first-order valence-electron chi connectivity index (χ1n) is 11.3. The third-order valence-corrected chi connectivity index (χ3v) is 6.30. The zero-order valence-electron chi connectivity index (χ0n) is 19.0. The van der Waals surface area contributed by atoms with Gasteiger partial charge in [0.05, 0.1) is 18.0 Å². The lowest BCUT2D eigenvalue weighted by molar-refractivity contribution is -0.132. The van der Waals surface area contributed by atoms with E-state index in [-0.39, 0.29) is 24.1 Å². The molecule has 172 valence electrons. The van der Waals surface area contributed by atoms with Crippen LogP contribution in [0, 0.1) is 6.92 Å². The van der Waals surface area contributed by atoms with Crippen LogP contribution in [0.25, 0.3) is 5.69 Å². The van der Waals surface area contributed by atoms with Crippen LogP contribution in [-0.4, -0.2) is 50.3 Å². The van der Waals surface area contributed by atoms with E-state index in [0.29, 0.717) is 17.6 Å². The van der Waals surface area contributed by atoms with Crippen molar-refractivity contribution >= 4 is 29.3 Å². The Balaban J connectivity index is 1.39. The van der Waals surface area contributed by atoms with E-state index in [9.17, 15) is 9.59 Å². The number of carbonyl (C=O) groups excluding carboxylic acids is 2. The number of anilines is 1. The molecule has 1 N–H and O–H groups in total. The van der Waals surface area contributed by atoms with Crippen molar-refractivity contribution in [2.45, 2.75) is 44.2 Å². The lowest BCUT2D eigenvalue weighted by Gasteiger charge is -2.21. The first-order chi connectivity index (χ1) is 16.0. The van der Waals surface area contributed by atoms with Gasteiger partial charge in [-0.1, -0.05) is 55.1 Å². The fraction of sp³-hybridized carbons (Fsp3) is 0.360. The minimum absolute atomic E-state index is 0.0285. The third-order valence-electron chi connectivity index (χ3n) is 5.48. The number of hydrogen-bond acceptors (Lipinski definition) is 5. The highest BCUT2D eigenvalue weighted by Crippen LogP contribution is 2.40. The van der Waals surface area contributed by atoms with Gasteiger partial charge in [0.25, 0.3) is 0 Å². The highest BCUT2D eigenvalue weighted by atomic mass is 32.2. The summed E-state index contributed by atoms with van der Waals surface area (Å²) in [4.78, 5) is 31.8. The summed E-state index contributed by atoms with van der Waals surface area (Å²) in [6.45, 7) is 4.50. The molecule has 2 aromatic carbocycles. The Morgan fingerprint density at radius 3 is 2.55 bits per heavy atom. The number of nitrogens with one attached hydrogen (secondary N) is 1. The van der Waals surface area contributed by atoms with Crippen molar-refractivity contribution in [1.82, 2.24) is 19.7 Å². The van der Waals surface area contributed by atoms with Gasteiger partial charge in [0.2, 0.25) is 17.0 Å². The first-order valence-corrected chi connectivity index (χ1v) is 12.3. The number of amides is 2. The number of thioether (sulfide) groups is 1. The minimum atomic E-state index is -0.196. The average molecular weight is 464 g/mol. The number of hydrogen-bond donors (Lipinski definition) is 1. The summed E-state index contributed by atoms with van der Waals surface area (Å²) in [5.41, 5.74) is 2.73. The number of aromatic nitrogens is 3. The van der Waals surface area contributed by atoms with E-state index in [4.69, 9.17) is 4.98 Å². The molecule has 7 nitrogen and oxygen atoms in total. The van der Waals surface area contributed by atoms with Crippen molar-refractivity contribution in [1.29, 1.82) is 0 Å². The lowest BCUT2D eigenvalue weighted by Crippen LogP contribution is -2.39. The van der Waals surface area contributed by atoms with Gasteiger partial charge in [0, 0.05) is 18.2 Å². The van der Waals surface area contributed by atoms with Gasteiger partial charge in [-0.2, -0.15) is 0 Å². The van der Waals surface area contributed by atoms with Gasteiger partial charge in [-0.15, -0.1) is 5.10 Å². The smallest absolute Gasteiger partial charge is 0.244 e. The molecule has 1 saturated carbocycles. The summed E-state index contributed by atoms with van der Waals surface area (Å²) in [6, 6.07) is 17.6. The molecule has 8 heteroatoms. The lowest BCUT2D eigenvalue weighted by atomic mass is 10.2. The molecule has 33 heavy (non-hydrogen) atoms. The molecule has 1 heterocycles. The van der Waals surface area contributed by atoms with Crippen LogP contribution >= 0.6 is 11.8 Å². The Hall–Kier alpha value is -3.13. The van der Waals surface area contributed by atoms with Crippen molar-refractivity contribution in [3.63, 3.8) is 0 Å². The first kappa shape index (κ1) is 23.0. The second kappa shape index (κ2) is 10.7. The summed E-state index contributed by atoms with van der Waals surface area (Å²) in [5.74, 6) is 1.30. The SMILES string of the molecule is CCCN(CC(=O)Nc1ccccc1C)C(=O)CSc1nc(C2CC2)n(-c2ccccc2)n1. The number of aryl methyl sites for hydroxylation is 1. The summed E-state index contributed by atoms with van der Waals surface area (Å²) in [6.07, 6.45) is 3.02. The van der Waals surface area contributed by atoms with Crippen molar-refractivity contribution in [2.75, 3.05) is 24.2 Å². The zero-order valence-corrected chi connectivity index (χ0v) is 19.8. The van der Waals surface area contributed by atoms with Gasteiger partial charge < -0.3 is 10.2 Å². The van der Waals surface area contributed by atoms with Gasteiger partial charge in [-0.25, -0.2) is 9.67 Å². The van der Waals surface area contributed by atoms with E-state index in [1.54, 1.807) is 4.90 Å². The maximum absolute atomic E-state index is 12.9. The van der Waals surface area contributed by atoms with Gasteiger partial charge in [-0.05, 0) is 49.9 Å². The number of benzene rings is 2. The van der Waals surface area contributed by atoms with Crippen molar-refractivity contribution < 1.29 is 9.59 Å². The Morgan fingerprint density at radius 2 is 1.85 bits per heavy atom. The van der Waals surface area contributed by atoms with Gasteiger partial charge in [-0.3, -0.25) is 9.59 Å². The van der Waals surface area contributed by atoms with E-state index >= 15 is 0 Å². The molecule has 0 bridgehead atoms. The predicted molar refractivity (Wildman–Crippen MR) is 131 cm³/mol. The van der Waals surface area contributed by atoms with Crippen LogP contribution in [0.1, 0.15) is 43.5 Å². The van der Waals surface area contributed by atoms with Gasteiger partial charge in [0.15, 0.2) is 0 Å². The van der Waals surface area contributed by atoms with Crippen LogP contribution in [0.3, 0.4) is 0 Å².